The quantitative estimate of drug-likeness (QED) is 0.0341. The first-order valence-corrected chi connectivity index (χ1v) is 17.2. The molecule has 6 rings (SSSR count). The van der Waals surface area contributed by atoms with E-state index in [1.165, 1.54) is 43.3 Å². The van der Waals surface area contributed by atoms with Gasteiger partial charge in [0.05, 0.1) is 35.2 Å². The highest BCUT2D eigenvalue weighted by molar-refractivity contribution is 7.88. The van der Waals surface area contributed by atoms with E-state index in [2.05, 4.69) is 4.18 Å². The van der Waals surface area contributed by atoms with Crippen LogP contribution in [0.15, 0.2) is 81.6 Å². The van der Waals surface area contributed by atoms with E-state index < -0.39 is 71.9 Å². The molecule has 4 aromatic carbocycles. The summed E-state index contributed by atoms with van der Waals surface area (Å²) in [6.07, 6.45) is 0. The zero-order valence-electron chi connectivity index (χ0n) is 28.8. The predicted molar refractivity (Wildman–Crippen MR) is 186 cm³/mol. The summed E-state index contributed by atoms with van der Waals surface area (Å²) in [5, 5.41) is 32.0. The molecule has 0 amide bonds. The van der Waals surface area contributed by atoms with Crippen LogP contribution in [0.25, 0.3) is 44.6 Å². The molecule has 16 nitrogen and oxygen atoms in total. The summed E-state index contributed by atoms with van der Waals surface area (Å²) in [7, 11) is -6.26. The summed E-state index contributed by atoms with van der Waals surface area (Å²) in [5.41, 5.74) is -7.74. The molecule has 6 aromatic rings. The first kappa shape index (κ1) is 41.1. The molecule has 0 saturated heterocycles. The van der Waals surface area contributed by atoms with Gasteiger partial charge in [-0.3, -0.25) is 20.2 Å². The van der Waals surface area contributed by atoms with E-state index in [9.17, 15) is 65.3 Å². The molecule has 57 heavy (non-hydrogen) atoms. The van der Waals surface area contributed by atoms with Crippen molar-refractivity contribution in [3.05, 3.63) is 116 Å². The normalized spacial score (nSPS) is 11.5. The van der Waals surface area contributed by atoms with Crippen LogP contribution in [-0.2, 0) is 19.6 Å². The molecule has 0 atom stereocenters. The molecule has 22 heteroatoms. The highest BCUT2D eigenvalue weighted by Crippen LogP contribution is 2.42. The largest absolute Gasteiger partial charge is 0.534 e. The van der Waals surface area contributed by atoms with Crippen molar-refractivity contribution in [2.75, 3.05) is 13.2 Å². The summed E-state index contributed by atoms with van der Waals surface area (Å²) in [4.78, 5) is 45.2. The zero-order valence-corrected chi connectivity index (χ0v) is 29.6. The number of fused-ring (bicyclic) bond motifs is 2. The van der Waals surface area contributed by atoms with E-state index in [0.29, 0.717) is 17.7 Å². The number of benzene rings is 4. The van der Waals surface area contributed by atoms with E-state index in [1.807, 2.05) is 0 Å². The molecule has 0 fully saturated rings. The Morgan fingerprint density at radius 2 is 1.12 bits per heavy atom. The Kier molecular flexibility index (Phi) is 11.5. The number of ether oxygens (including phenoxy) is 2. The van der Waals surface area contributed by atoms with Gasteiger partial charge in [-0.2, -0.15) is 21.6 Å². The lowest BCUT2D eigenvalue weighted by Gasteiger charge is -2.09. The molecular weight excluding hydrogens is 799 g/mol. The third-order valence-electron chi connectivity index (χ3n) is 7.60. The minimum atomic E-state index is -6.26. The van der Waals surface area contributed by atoms with Gasteiger partial charge in [-0.05, 0) is 68.4 Å². The molecule has 0 unspecified atom stereocenters. The number of aromatic hydroxyl groups is 1. The van der Waals surface area contributed by atoms with Crippen molar-refractivity contribution >= 4 is 55.4 Å². The Labute approximate surface area is 315 Å². The number of furan rings is 2. The second-order valence-electron chi connectivity index (χ2n) is 11.2. The van der Waals surface area contributed by atoms with Crippen LogP contribution in [0.1, 0.15) is 34.6 Å². The van der Waals surface area contributed by atoms with Gasteiger partial charge in [-0.15, -0.1) is 0 Å². The number of esters is 2. The predicted octanol–water partition coefficient (Wildman–Crippen LogP) is 8.58. The number of carbonyl (C=O) groups excluding carboxylic acids is 2. The second kappa shape index (κ2) is 15.9. The highest BCUT2D eigenvalue weighted by Gasteiger charge is 2.49. The average Bonchev–Trinajstić information content (AvgIpc) is 3.69. The molecule has 0 spiro atoms. The number of halogens is 5. The SMILES string of the molecule is CCOC(=O)c1c(-c2ccc(F)cc2)oc2cc([N+](=O)[O-])c(O)cc12.CCOC(=O)c1c(-c2ccc(F)cc2)oc2cc([N+](=O)[O-])c(OS(=O)(=O)C(F)(F)F)cc12. The highest BCUT2D eigenvalue weighted by atomic mass is 32.2. The number of nitro benzene ring substituents is 2. The Hall–Kier alpha value is -7.10. The number of hydrogen-bond acceptors (Lipinski definition) is 14. The number of hydrogen-bond donors (Lipinski definition) is 1. The van der Waals surface area contributed by atoms with Crippen molar-refractivity contribution in [2.45, 2.75) is 19.4 Å². The van der Waals surface area contributed by atoms with Crippen LogP contribution in [0, 0.1) is 31.9 Å². The number of nitro groups is 2. The molecule has 2 heterocycles. The lowest BCUT2D eigenvalue weighted by atomic mass is 10.0. The molecular formula is C35H23F5N2O14S. The fourth-order valence-electron chi connectivity index (χ4n) is 5.18. The van der Waals surface area contributed by atoms with Crippen molar-refractivity contribution in [2.24, 2.45) is 0 Å². The molecule has 1 N–H and O–H groups in total. The molecule has 298 valence electrons. The summed E-state index contributed by atoms with van der Waals surface area (Å²) in [5.74, 6) is -4.88. The van der Waals surface area contributed by atoms with Crippen LogP contribution in [0.2, 0.25) is 0 Å². The van der Waals surface area contributed by atoms with Crippen molar-refractivity contribution in [3.63, 3.8) is 0 Å². The maximum atomic E-state index is 13.3. The van der Waals surface area contributed by atoms with E-state index in [0.717, 1.165) is 24.3 Å². The standard InChI is InChI=1S/C18H11F4NO8S.C17H12FNO6/c1-2-29-17(24)15-11-7-14(31-32(27,28)18(20,21)22)12(23(25)26)8-13(11)30-16(15)9-3-5-10(19)6-4-9;1-2-24-17(21)15-11-7-13(20)12(19(22)23)8-14(11)25-16(15)9-3-5-10(18)6-4-9/h3-8H,2H2,1H3;3-8,20H,2H2,1H3. The number of nitrogens with zero attached hydrogens (tertiary/aromatic N) is 2. The summed E-state index contributed by atoms with van der Waals surface area (Å²) >= 11 is 0. The Balaban J connectivity index is 0.000000224. The van der Waals surface area contributed by atoms with E-state index >= 15 is 0 Å². The number of phenols is 1. The number of rotatable bonds is 10. The summed E-state index contributed by atoms with van der Waals surface area (Å²) in [6.45, 7) is 3.08. The van der Waals surface area contributed by atoms with Crippen molar-refractivity contribution in [1.29, 1.82) is 0 Å². The van der Waals surface area contributed by atoms with Crippen LogP contribution in [0.5, 0.6) is 11.5 Å². The van der Waals surface area contributed by atoms with Gasteiger partial charge in [0.2, 0.25) is 5.75 Å². The molecule has 0 radical (unpaired) electrons. The average molecular weight is 823 g/mol. The lowest BCUT2D eigenvalue weighted by molar-refractivity contribution is -0.385. The Morgan fingerprint density at radius 3 is 1.51 bits per heavy atom. The van der Waals surface area contributed by atoms with E-state index in [-0.39, 0.29) is 63.4 Å². The zero-order chi connectivity index (χ0) is 42.0. The summed E-state index contributed by atoms with van der Waals surface area (Å²) in [6, 6.07) is 13.0. The monoisotopic (exact) mass is 822 g/mol. The van der Waals surface area contributed by atoms with Crippen LogP contribution >= 0.6 is 0 Å². The fourth-order valence-corrected chi connectivity index (χ4v) is 5.64. The van der Waals surface area contributed by atoms with Crippen LogP contribution in [0.4, 0.5) is 33.3 Å². The van der Waals surface area contributed by atoms with Gasteiger partial charge in [0.15, 0.2) is 5.75 Å². The van der Waals surface area contributed by atoms with Gasteiger partial charge in [0, 0.05) is 28.0 Å². The van der Waals surface area contributed by atoms with Crippen LogP contribution in [-0.4, -0.2) is 54.0 Å². The molecule has 0 saturated carbocycles. The smallest absolute Gasteiger partial charge is 0.502 e. The second-order valence-corrected chi connectivity index (χ2v) is 12.8. The van der Waals surface area contributed by atoms with Gasteiger partial charge in [-0.25, -0.2) is 18.4 Å². The molecule has 0 bridgehead atoms. The first-order chi connectivity index (χ1) is 26.8. The van der Waals surface area contributed by atoms with Gasteiger partial charge in [-0.1, -0.05) is 0 Å². The van der Waals surface area contributed by atoms with Crippen molar-refractivity contribution in [3.8, 4) is 34.1 Å². The van der Waals surface area contributed by atoms with Gasteiger partial charge in [0.25, 0.3) is 0 Å². The summed E-state index contributed by atoms with van der Waals surface area (Å²) < 4.78 is 112. The third-order valence-corrected chi connectivity index (χ3v) is 8.57. The third kappa shape index (κ3) is 8.44. The molecule has 0 aliphatic heterocycles. The van der Waals surface area contributed by atoms with Gasteiger partial charge >= 0.3 is 38.9 Å². The minimum Gasteiger partial charge on any atom is -0.502 e. The number of phenolic OH excluding ortho intramolecular Hbond substituents is 1. The topological polar surface area (TPSA) is 229 Å². The van der Waals surface area contributed by atoms with Crippen molar-refractivity contribution < 1.29 is 77.4 Å². The maximum Gasteiger partial charge on any atom is 0.534 e. The maximum absolute atomic E-state index is 13.3. The minimum absolute atomic E-state index is 0.00801. The molecule has 0 aliphatic carbocycles. The lowest BCUT2D eigenvalue weighted by Crippen LogP contribution is -2.28. The van der Waals surface area contributed by atoms with Crippen LogP contribution in [0.3, 0.4) is 0 Å². The Bertz CT molecular complexity index is 2660. The van der Waals surface area contributed by atoms with Crippen LogP contribution < -0.4 is 4.18 Å². The van der Waals surface area contributed by atoms with Gasteiger partial charge in [0.1, 0.15) is 45.4 Å². The molecule has 2 aromatic heterocycles. The van der Waals surface area contributed by atoms with E-state index in [1.54, 1.807) is 6.92 Å². The number of carbonyl (C=O) groups is 2. The first-order valence-electron chi connectivity index (χ1n) is 15.8. The Morgan fingerprint density at radius 1 is 0.719 bits per heavy atom. The van der Waals surface area contributed by atoms with E-state index in [4.69, 9.17) is 18.3 Å². The fraction of sp³-hybridized carbons (Fsp3) is 0.143. The molecule has 0 aliphatic rings. The van der Waals surface area contributed by atoms with Crippen molar-refractivity contribution in [1.82, 2.24) is 0 Å². The van der Waals surface area contributed by atoms with Gasteiger partial charge < -0.3 is 27.6 Å². The number of alkyl halides is 3.